The molecule has 3 nitrogen and oxygen atoms in total. The average molecular weight is 182 g/mol. The molecule has 0 aliphatic carbocycles. The average Bonchev–Trinajstić information content (AvgIpc) is 2.75. The number of hydrogen-bond acceptors (Lipinski definition) is 3. The third-order valence-electron chi connectivity index (χ3n) is 2.78. The van der Waals surface area contributed by atoms with E-state index >= 15 is 0 Å². The molecular formula is C10H18N2O. The summed E-state index contributed by atoms with van der Waals surface area (Å²) in [7, 11) is 0. The van der Waals surface area contributed by atoms with Gasteiger partial charge in [-0.3, -0.25) is 4.99 Å². The molecule has 0 bridgehead atoms. The summed E-state index contributed by atoms with van der Waals surface area (Å²) < 4.78 is 5.32. The molecule has 0 aromatic rings. The first-order valence-corrected chi connectivity index (χ1v) is 5.30. The lowest BCUT2D eigenvalue weighted by atomic mass is 10.1. The summed E-state index contributed by atoms with van der Waals surface area (Å²) in [5.74, 6) is 2.01. The van der Waals surface area contributed by atoms with Crippen LogP contribution in [0, 0.1) is 5.92 Å². The highest BCUT2D eigenvalue weighted by Crippen LogP contribution is 2.15. The van der Waals surface area contributed by atoms with Gasteiger partial charge in [0.1, 0.15) is 0 Å². The summed E-state index contributed by atoms with van der Waals surface area (Å²) in [4.78, 5) is 4.37. The highest BCUT2D eigenvalue weighted by molar-refractivity contribution is 5.83. The van der Waals surface area contributed by atoms with Gasteiger partial charge in [-0.25, -0.2) is 0 Å². The lowest BCUT2D eigenvalue weighted by Crippen LogP contribution is -2.24. The number of amidine groups is 1. The fraction of sp³-hybridized carbons (Fsp3) is 0.900. The molecule has 2 aliphatic heterocycles. The molecule has 0 spiro atoms. The second-order valence-electron chi connectivity index (χ2n) is 3.88. The van der Waals surface area contributed by atoms with Gasteiger partial charge in [-0.15, -0.1) is 0 Å². The van der Waals surface area contributed by atoms with Crippen molar-refractivity contribution >= 4 is 5.84 Å². The van der Waals surface area contributed by atoms with Gasteiger partial charge in [0.2, 0.25) is 0 Å². The number of nitrogens with one attached hydrogen (secondary N) is 1. The van der Waals surface area contributed by atoms with Crippen LogP contribution in [0.5, 0.6) is 0 Å². The van der Waals surface area contributed by atoms with Crippen LogP contribution in [-0.2, 0) is 4.74 Å². The van der Waals surface area contributed by atoms with Gasteiger partial charge in [-0.05, 0) is 25.2 Å². The van der Waals surface area contributed by atoms with Gasteiger partial charge in [0.15, 0.2) is 0 Å². The zero-order valence-electron chi connectivity index (χ0n) is 8.09. The molecule has 1 unspecified atom stereocenters. The van der Waals surface area contributed by atoms with Crippen LogP contribution in [0.2, 0.25) is 0 Å². The minimum absolute atomic E-state index is 0.787. The zero-order valence-corrected chi connectivity index (χ0v) is 8.09. The molecule has 2 heterocycles. The maximum atomic E-state index is 5.32. The van der Waals surface area contributed by atoms with E-state index in [0.29, 0.717) is 0 Å². The third kappa shape index (κ3) is 2.69. The van der Waals surface area contributed by atoms with Crippen molar-refractivity contribution in [1.82, 2.24) is 5.32 Å². The van der Waals surface area contributed by atoms with E-state index < -0.39 is 0 Å². The second kappa shape index (κ2) is 4.61. The van der Waals surface area contributed by atoms with Crippen molar-refractivity contribution in [2.75, 3.05) is 26.3 Å². The standard InChI is InChI=1S/C10H18N2O/c1-2-10(11-5-1)12-6-3-9-4-7-13-8-9/h9H,1-8H2,(H,11,12). The lowest BCUT2D eigenvalue weighted by molar-refractivity contribution is 0.184. The van der Waals surface area contributed by atoms with E-state index in [1.165, 1.54) is 25.1 Å². The van der Waals surface area contributed by atoms with Crippen molar-refractivity contribution in [2.24, 2.45) is 10.9 Å². The fourth-order valence-corrected chi connectivity index (χ4v) is 1.92. The number of hydrogen-bond donors (Lipinski definition) is 1. The summed E-state index contributed by atoms with van der Waals surface area (Å²) in [5.41, 5.74) is 0. The molecule has 74 valence electrons. The molecule has 0 aromatic carbocycles. The Morgan fingerprint density at radius 3 is 3.23 bits per heavy atom. The van der Waals surface area contributed by atoms with E-state index in [2.05, 4.69) is 10.3 Å². The van der Waals surface area contributed by atoms with E-state index in [-0.39, 0.29) is 0 Å². The Labute approximate surface area is 79.6 Å². The molecular weight excluding hydrogens is 164 g/mol. The Morgan fingerprint density at radius 1 is 1.54 bits per heavy atom. The van der Waals surface area contributed by atoms with Crippen LogP contribution in [0.1, 0.15) is 25.7 Å². The smallest absolute Gasteiger partial charge is 0.0963 e. The predicted molar refractivity (Wildman–Crippen MR) is 53.1 cm³/mol. The van der Waals surface area contributed by atoms with Crippen molar-refractivity contribution in [1.29, 1.82) is 0 Å². The monoisotopic (exact) mass is 182 g/mol. The third-order valence-corrected chi connectivity index (χ3v) is 2.78. The van der Waals surface area contributed by atoms with E-state index in [1.807, 2.05) is 0 Å². The molecule has 0 radical (unpaired) electrons. The summed E-state index contributed by atoms with van der Waals surface area (Å²) >= 11 is 0. The lowest BCUT2D eigenvalue weighted by Gasteiger charge is -2.08. The molecule has 0 aromatic heterocycles. The minimum Gasteiger partial charge on any atom is -0.381 e. The minimum atomic E-state index is 0.787. The van der Waals surface area contributed by atoms with E-state index in [0.717, 1.165) is 38.6 Å². The SMILES string of the molecule is C1CN=C(NCCC2CCOC2)C1. The first kappa shape index (κ1) is 9.00. The summed E-state index contributed by atoms with van der Waals surface area (Å²) in [6.07, 6.45) is 4.86. The van der Waals surface area contributed by atoms with Crippen molar-refractivity contribution in [3.63, 3.8) is 0 Å². The normalized spacial score (nSPS) is 27.7. The van der Waals surface area contributed by atoms with Crippen LogP contribution in [0.3, 0.4) is 0 Å². The summed E-state index contributed by atoms with van der Waals surface area (Å²) in [5, 5.41) is 3.40. The maximum absolute atomic E-state index is 5.32. The first-order chi connectivity index (χ1) is 6.45. The van der Waals surface area contributed by atoms with Crippen LogP contribution in [0.15, 0.2) is 4.99 Å². The topological polar surface area (TPSA) is 33.6 Å². The molecule has 2 aliphatic rings. The van der Waals surface area contributed by atoms with Gasteiger partial charge in [-0.1, -0.05) is 0 Å². The number of ether oxygens (including phenoxy) is 1. The Morgan fingerprint density at radius 2 is 2.54 bits per heavy atom. The van der Waals surface area contributed by atoms with E-state index in [9.17, 15) is 0 Å². The molecule has 1 fully saturated rings. The van der Waals surface area contributed by atoms with Crippen molar-refractivity contribution in [2.45, 2.75) is 25.7 Å². The van der Waals surface area contributed by atoms with Gasteiger partial charge in [-0.2, -0.15) is 0 Å². The molecule has 2 rings (SSSR count). The van der Waals surface area contributed by atoms with Crippen LogP contribution in [0.25, 0.3) is 0 Å². The number of nitrogens with zero attached hydrogens (tertiary/aromatic N) is 1. The van der Waals surface area contributed by atoms with Crippen LogP contribution >= 0.6 is 0 Å². The summed E-state index contributed by atoms with van der Waals surface area (Å²) in [6, 6.07) is 0. The molecule has 0 saturated carbocycles. The van der Waals surface area contributed by atoms with Crippen molar-refractivity contribution in [3.05, 3.63) is 0 Å². The Kier molecular flexibility index (Phi) is 3.19. The molecule has 3 heteroatoms. The van der Waals surface area contributed by atoms with Gasteiger partial charge in [0.25, 0.3) is 0 Å². The Balaban J connectivity index is 1.57. The Bertz CT molecular complexity index is 185. The number of rotatable bonds is 3. The molecule has 1 saturated heterocycles. The van der Waals surface area contributed by atoms with Crippen molar-refractivity contribution in [3.8, 4) is 0 Å². The van der Waals surface area contributed by atoms with E-state index in [4.69, 9.17) is 4.74 Å². The first-order valence-electron chi connectivity index (χ1n) is 5.30. The maximum Gasteiger partial charge on any atom is 0.0963 e. The van der Waals surface area contributed by atoms with Gasteiger partial charge in [0, 0.05) is 32.7 Å². The summed E-state index contributed by atoms with van der Waals surface area (Å²) in [6.45, 7) is 4.03. The largest absolute Gasteiger partial charge is 0.381 e. The molecule has 0 amide bonds. The van der Waals surface area contributed by atoms with Crippen LogP contribution < -0.4 is 5.32 Å². The van der Waals surface area contributed by atoms with Crippen LogP contribution in [0.4, 0.5) is 0 Å². The predicted octanol–water partition coefficient (Wildman–Crippen LogP) is 1.19. The Hall–Kier alpha value is -0.570. The van der Waals surface area contributed by atoms with Crippen LogP contribution in [-0.4, -0.2) is 32.1 Å². The zero-order chi connectivity index (χ0) is 8.93. The fourth-order valence-electron chi connectivity index (χ4n) is 1.92. The van der Waals surface area contributed by atoms with Gasteiger partial charge in [0.05, 0.1) is 5.84 Å². The molecule has 1 N–H and O–H groups in total. The van der Waals surface area contributed by atoms with Crippen molar-refractivity contribution < 1.29 is 4.74 Å². The second-order valence-corrected chi connectivity index (χ2v) is 3.88. The van der Waals surface area contributed by atoms with E-state index in [1.54, 1.807) is 0 Å². The van der Waals surface area contributed by atoms with Gasteiger partial charge < -0.3 is 10.1 Å². The molecule has 1 atom stereocenters. The quantitative estimate of drug-likeness (QED) is 0.711. The molecule has 13 heavy (non-hydrogen) atoms. The highest BCUT2D eigenvalue weighted by Gasteiger charge is 2.15. The number of aliphatic imine (C=N–C) groups is 1. The van der Waals surface area contributed by atoms with Gasteiger partial charge >= 0.3 is 0 Å². The highest BCUT2D eigenvalue weighted by atomic mass is 16.5.